The lowest BCUT2D eigenvalue weighted by Gasteiger charge is -2.14. The first-order valence-corrected chi connectivity index (χ1v) is 4.57. The predicted molar refractivity (Wildman–Crippen MR) is 52.7 cm³/mol. The third-order valence-electron chi connectivity index (χ3n) is 1.50. The molecule has 0 rings (SSSR count). The zero-order valence-corrected chi connectivity index (χ0v) is 8.65. The van der Waals surface area contributed by atoms with E-state index >= 15 is 0 Å². The van der Waals surface area contributed by atoms with Crippen molar-refractivity contribution in [2.75, 3.05) is 0 Å². The first-order chi connectivity index (χ1) is 4.92. The Morgan fingerprint density at radius 2 is 1.64 bits per heavy atom. The molecule has 0 aromatic rings. The fourth-order valence-electron chi connectivity index (χ4n) is 0.805. The number of rotatable bonds is 3. The highest BCUT2D eigenvalue weighted by molar-refractivity contribution is 4.86. The molecule has 0 aliphatic rings. The highest BCUT2D eigenvalue weighted by Gasteiger charge is 2.05. The molecule has 0 aromatic heterocycles. The second kappa shape index (κ2) is 4.58. The lowest BCUT2D eigenvalue weighted by Crippen LogP contribution is -2.01. The largest absolute Gasteiger partial charge is 0.0883 e. The van der Waals surface area contributed by atoms with Gasteiger partial charge >= 0.3 is 0 Å². The van der Waals surface area contributed by atoms with E-state index < -0.39 is 0 Å². The van der Waals surface area contributed by atoms with Gasteiger partial charge in [-0.25, -0.2) is 0 Å². The van der Waals surface area contributed by atoms with Gasteiger partial charge in [0.2, 0.25) is 0 Å². The Balaban J connectivity index is 3.46. The molecule has 0 spiro atoms. The minimum Gasteiger partial charge on any atom is -0.0883 e. The van der Waals surface area contributed by atoms with Gasteiger partial charge in [0.05, 0.1) is 0 Å². The van der Waals surface area contributed by atoms with Gasteiger partial charge in [-0.2, -0.15) is 0 Å². The Labute approximate surface area is 71.7 Å². The van der Waals surface area contributed by atoms with Crippen molar-refractivity contribution in [1.29, 1.82) is 0 Å². The van der Waals surface area contributed by atoms with Gasteiger partial charge in [-0.15, -0.1) is 0 Å². The van der Waals surface area contributed by atoms with E-state index in [2.05, 4.69) is 46.8 Å². The monoisotopic (exact) mass is 154 g/mol. The van der Waals surface area contributed by atoms with Gasteiger partial charge in [-0.1, -0.05) is 46.8 Å². The molecule has 0 heteroatoms. The molecule has 0 N–H and O–H groups in total. The van der Waals surface area contributed by atoms with Crippen molar-refractivity contribution in [3.8, 4) is 0 Å². The summed E-state index contributed by atoms with van der Waals surface area (Å²) in [6.07, 6.45) is 7.02. The molecule has 0 heterocycles. The van der Waals surface area contributed by atoms with Crippen molar-refractivity contribution in [3.05, 3.63) is 12.2 Å². The van der Waals surface area contributed by atoms with Crippen molar-refractivity contribution in [2.24, 2.45) is 11.3 Å². The lowest BCUT2D eigenvalue weighted by molar-refractivity contribution is 0.420. The summed E-state index contributed by atoms with van der Waals surface area (Å²) in [6, 6.07) is 0. The van der Waals surface area contributed by atoms with E-state index in [-0.39, 0.29) is 0 Å². The van der Waals surface area contributed by atoms with Crippen LogP contribution in [0.2, 0.25) is 0 Å². The molecule has 66 valence electrons. The van der Waals surface area contributed by atoms with Crippen LogP contribution in [-0.4, -0.2) is 0 Å². The summed E-state index contributed by atoms with van der Waals surface area (Å²) in [5, 5.41) is 0. The van der Waals surface area contributed by atoms with Crippen molar-refractivity contribution in [3.63, 3.8) is 0 Å². The third kappa shape index (κ3) is 9.74. The topological polar surface area (TPSA) is 0 Å². The average molecular weight is 154 g/mol. The molecule has 0 saturated carbocycles. The zero-order valence-electron chi connectivity index (χ0n) is 8.65. The molecule has 0 aromatic carbocycles. The summed E-state index contributed by atoms with van der Waals surface area (Å²) in [5.74, 6) is 0.797. The Morgan fingerprint density at radius 1 is 1.09 bits per heavy atom. The molecule has 0 unspecified atom stereocenters. The molecular formula is C11H22. The van der Waals surface area contributed by atoms with Gasteiger partial charge in [-0.05, 0) is 24.2 Å². The number of hydrogen-bond acceptors (Lipinski definition) is 0. The van der Waals surface area contributed by atoms with E-state index in [4.69, 9.17) is 0 Å². The maximum absolute atomic E-state index is 2.31. The minimum atomic E-state index is 0.452. The quantitative estimate of drug-likeness (QED) is 0.538. The molecular weight excluding hydrogens is 132 g/mol. The first-order valence-electron chi connectivity index (χ1n) is 4.57. The number of hydrogen-bond donors (Lipinski definition) is 0. The Hall–Kier alpha value is -0.260. The molecule has 11 heavy (non-hydrogen) atoms. The lowest BCUT2D eigenvalue weighted by atomic mass is 9.92. The van der Waals surface area contributed by atoms with Gasteiger partial charge in [0.15, 0.2) is 0 Å². The van der Waals surface area contributed by atoms with Crippen LogP contribution in [0.4, 0.5) is 0 Å². The molecule has 0 bridgehead atoms. The van der Waals surface area contributed by atoms with Crippen LogP contribution in [0.1, 0.15) is 47.5 Å². The maximum Gasteiger partial charge on any atom is -0.0302 e. The van der Waals surface area contributed by atoms with Gasteiger partial charge in [-0.3, -0.25) is 0 Å². The van der Waals surface area contributed by atoms with Crippen LogP contribution in [0.15, 0.2) is 12.2 Å². The van der Waals surface area contributed by atoms with E-state index in [0.29, 0.717) is 5.41 Å². The summed E-state index contributed by atoms with van der Waals surface area (Å²) < 4.78 is 0. The molecule has 0 nitrogen and oxygen atoms in total. The van der Waals surface area contributed by atoms with E-state index in [0.717, 1.165) is 5.92 Å². The smallest absolute Gasteiger partial charge is 0.0302 e. The normalized spacial score (nSPS) is 13.3. The highest BCUT2D eigenvalue weighted by Crippen LogP contribution is 2.19. The molecule has 0 fully saturated rings. The van der Waals surface area contributed by atoms with E-state index in [9.17, 15) is 0 Å². The van der Waals surface area contributed by atoms with Crippen molar-refractivity contribution >= 4 is 0 Å². The maximum atomic E-state index is 2.31. The van der Waals surface area contributed by atoms with Crippen LogP contribution < -0.4 is 0 Å². The van der Waals surface area contributed by atoms with Crippen LogP contribution in [0.25, 0.3) is 0 Å². The molecule has 0 saturated heterocycles. The Morgan fingerprint density at radius 3 is 2.00 bits per heavy atom. The molecule has 0 amide bonds. The van der Waals surface area contributed by atoms with Crippen molar-refractivity contribution in [1.82, 2.24) is 0 Å². The summed E-state index contributed by atoms with van der Waals surface area (Å²) in [4.78, 5) is 0. The standard InChI is InChI=1S/C11H22/c1-10(2)8-6-7-9-11(3,4)5/h6-7,10H,8-9H2,1-5H3/b7-6+. The first kappa shape index (κ1) is 10.7. The predicted octanol–water partition coefficient (Wildman–Crippen LogP) is 4.02. The van der Waals surface area contributed by atoms with Crippen LogP contribution in [-0.2, 0) is 0 Å². The highest BCUT2D eigenvalue weighted by atomic mass is 14.1. The van der Waals surface area contributed by atoms with Crippen LogP contribution >= 0.6 is 0 Å². The Kier molecular flexibility index (Phi) is 4.48. The summed E-state index contributed by atoms with van der Waals surface area (Å²) >= 11 is 0. The van der Waals surface area contributed by atoms with Gasteiger partial charge < -0.3 is 0 Å². The molecule has 0 aliphatic heterocycles. The van der Waals surface area contributed by atoms with Crippen LogP contribution in [0.3, 0.4) is 0 Å². The average Bonchev–Trinajstić information content (AvgIpc) is 1.78. The fraction of sp³-hybridized carbons (Fsp3) is 0.818. The summed E-state index contributed by atoms with van der Waals surface area (Å²) in [7, 11) is 0. The summed E-state index contributed by atoms with van der Waals surface area (Å²) in [5.41, 5.74) is 0.452. The van der Waals surface area contributed by atoms with E-state index in [1.165, 1.54) is 12.8 Å². The minimum absolute atomic E-state index is 0.452. The van der Waals surface area contributed by atoms with Crippen molar-refractivity contribution in [2.45, 2.75) is 47.5 Å². The zero-order chi connectivity index (χ0) is 8.91. The fourth-order valence-corrected chi connectivity index (χ4v) is 0.805. The van der Waals surface area contributed by atoms with Crippen LogP contribution in [0.5, 0.6) is 0 Å². The summed E-state index contributed by atoms with van der Waals surface area (Å²) in [6.45, 7) is 11.3. The van der Waals surface area contributed by atoms with Gasteiger partial charge in [0.1, 0.15) is 0 Å². The van der Waals surface area contributed by atoms with Gasteiger partial charge in [0, 0.05) is 0 Å². The second-order valence-electron chi connectivity index (χ2n) is 4.87. The third-order valence-corrected chi connectivity index (χ3v) is 1.50. The number of allylic oxidation sites excluding steroid dienone is 2. The van der Waals surface area contributed by atoms with Crippen LogP contribution in [0, 0.1) is 11.3 Å². The van der Waals surface area contributed by atoms with Crippen molar-refractivity contribution < 1.29 is 0 Å². The second-order valence-corrected chi connectivity index (χ2v) is 4.87. The van der Waals surface area contributed by atoms with E-state index in [1.807, 2.05) is 0 Å². The van der Waals surface area contributed by atoms with E-state index in [1.54, 1.807) is 0 Å². The Bertz CT molecular complexity index is 112. The van der Waals surface area contributed by atoms with Gasteiger partial charge in [0.25, 0.3) is 0 Å². The molecule has 0 atom stereocenters. The molecule has 0 aliphatic carbocycles. The molecule has 0 radical (unpaired) electrons. The SMILES string of the molecule is CC(C)C/C=C/CC(C)(C)C.